The number of halogens is 3. The van der Waals surface area contributed by atoms with Crippen LogP contribution in [-0.2, 0) is 23.3 Å². The van der Waals surface area contributed by atoms with E-state index in [1.807, 2.05) is 16.7 Å². The quantitative estimate of drug-likeness (QED) is 0.283. The van der Waals surface area contributed by atoms with Crippen molar-refractivity contribution >= 4 is 18.0 Å². The molecule has 6 aliphatic heterocycles. The van der Waals surface area contributed by atoms with Crippen LogP contribution in [0.5, 0.6) is 0 Å². The van der Waals surface area contributed by atoms with Gasteiger partial charge in [0, 0.05) is 49.4 Å². The summed E-state index contributed by atoms with van der Waals surface area (Å²) in [5.41, 5.74) is 8.74. The highest BCUT2D eigenvalue weighted by Crippen LogP contribution is 2.50. The second-order valence-corrected chi connectivity index (χ2v) is 19.3. The lowest BCUT2D eigenvalue weighted by molar-refractivity contribution is -0.198. The molecule has 0 aromatic heterocycles. The predicted octanol–water partition coefficient (Wildman–Crippen LogP) is 10.1. The number of carbonyl (C=O) groups excluding carboxylic acids is 3. The Morgan fingerprint density at radius 2 is 1.14 bits per heavy atom. The molecule has 0 bridgehead atoms. The fourth-order valence-corrected chi connectivity index (χ4v) is 12.5. The van der Waals surface area contributed by atoms with Crippen LogP contribution in [0, 0.1) is 27.7 Å². The van der Waals surface area contributed by atoms with Gasteiger partial charge in [0.1, 0.15) is 0 Å². The second kappa shape index (κ2) is 16.7. The fraction of sp³-hybridized carbons (Fsp3) is 0.519. The summed E-state index contributed by atoms with van der Waals surface area (Å²) in [6, 6.07) is 16.4. The van der Waals surface area contributed by atoms with Gasteiger partial charge in [0.15, 0.2) is 5.41 Å². The van der Waals surface area contributed by atoms with Gasteiger partial charge in [0.2, 0.25) is 5.91 Å². The van der Waals surface area contributed by atoms with Crippen molar-refractivity contribution in [3.8, 4) is 0 Å². The minimum absolute atomic E-state index is 0.0658. The first-order valence-corrected chi connectivity index (χ1v) is 23.3. The van der Waals surface area contributed by atoms with Crippen LogP contribution in [0.3, 0.4) is 0 Å². The van der Waals surface area contributed by atoms with Crippen molar-refractivity contribution in [2.45, 2.75) is 136 Å². The standard InChI is InChI=1S/C31H36F3N3O2.C21H29N3O/c1-6-37-28(39)36-19-23-17-20(2)16-21(3)26(23)22(4)18-25(36)30(37)12-14-35(15-13-30)27(38)29(5,31(32,33)34)24-10-8-7-9-11-24;1-5-24-20(25)23-13-17-11-14(2)10-15(3)19(17)16(4)12-18(23)21(24)6-8-22-9-7-21/h7-11,16-18,22H,6,12-15,19H2,1-5H3;10-12,16,22H,5-9,13H2,1-4H3/t22-,29-;16-/m11/s1. The topological polar surface area (TPSA) is 79.4 Å². The molecule has 3 aromatic carbocycles. The Balaban J connectivity index is 0.000000192. The minimum atomic E-state index is -4.75. The molecule has 6 aliphatic rings. The number of amides is 5. The van der Waals surface area contributed by atoms with Crippen molar-refractivity contribution in [2.75, 3.05) is 39.3 Å². The molecule has 342 valence electrons. The van der Waals surface area contributed by atoms with E-state index >= 15 is 0 Å². The van der Waals surface area contributed by atoms with Crippen LogP contribution >= 0.6 is 0 Å². The van der Waals surface area contributed by atoms with Crippen molar-refractivity contribution in [1.82, 2.24) is 29.8 Å². The zero-order chi connectivity index (χ0) is 46.1. The highest BCUT2D eigenvalue weighted by Gasteiger charge is 2.61. The average Bonchev–Trinajstić information content (AvgIpc) is 3.40. The number of carbonyl (C=O) groups is 3. The highest BCUT2D eigenvalue weighted by atomic mass is 19.4. The van der Waals surface area contributed by atoms with Crippen LogP contribution in [0.15, 0.2) is 78.1 Å². The summed E-state index contributed by atoms with van der Waals surface area (Å²) >= 11 is 0. The minimum Gasteiger partial charge on any atom is -0.341 e. The van der Waals surface area contributed by atoms with Gasteiger partial charge < -0.3 is 20.0 Å². The summed E-state index contributed by atoms with van der Waals surface area (Å²) in [4.78, 5) is 49.9. The number of urea groups is 2. The third kappa shape index (κ3) is 7.13. The number of piperidine rings is 2. The van der Waals surface area contributed by atoms with E-state index in [1.54, 1.807) is 6.07 Å². The Bertz CT molecular complexity index is 2400. The zero-order valence-corrected chi connectivity index (χ0v) is 39.1. The molecule has 0 radical (unpaired) electrons. The number of aryl methyl sites for hydroxylation is 4. The van der Waals surface area contributed by atoms with E-state index in [2.05, 4.69) is 100 Å². The Morgan fingerprint density at radius 3 is 1.56 bits per heavy atom. The lowest BCUT2D eigenvalue weighted by Crippen LogP contribution is -2.59. The molecule has 3 aromatic rings. The van der Waals surface area contributed by atoms with E-state index in [0.29, 0.717) is 38.4 Å². The number of likely N-dealkylation sites (tertiary alicyclic amines) is 1. The lowest BCUT2D eigenvalue weighted by Gasteiger charge is -2.46. The summed E-state index contributed by atoms with van der Waals surface area (Å²) in [7, 11) is 0. The molecule has 2 spiro atoms. The maximum Gasteiger partial charge on any atom is 0.406 e. The Hall–Kier alpha value is -5.10. The molecule has 9 nitrogen and oxygen atoms in total. The molecule has 4 saturated heterocycles. The number of hydrogen-bond donors (Lipinski definition) is 1. The molecule has 9 rings (SSSR count). The first-order valence-electron chi connectivity index (χ1n) is 23.3. The van der Waals surface area contributed by atoms with E-state index < -0.39 is 23.0 Å². The van der Waals surface area contributed by atoms with Gasteiger partial charge in [-0.15, -0.1) is 0 Å². The zero-order valence-electron chi connectivity index (χ0n) is 39.1. The second-order valence-electron chi connectivity index (χ2n) is 19.3. The maximum atomic E-state index is 14.4. The first-order chi connectivity index (χ1) is 30.3. The number of benzene rings is 3. The fourth-order valence-electron chi connectivity index (χ4n) is 12.5. The molecular formula is C52H65F3N6O3. The van der Waals surface area contributed by atoms with E-state index in [9.17, 15) is 27.6 Å². The van der Waals surface area contributed by atoms with Crippen LogP contribution < -0.4 is 5.32 Å². The number of alkyl halides is 3. The largest absolute Gasteiger partial charge is 0.406 e. The molecule has 1 N–H and O–H groups in total. The van der Waals surface area contributed by atoms with Gasteiger partial charge in [-0.25, -0.2) is 9.59 Å². The van der Waals surface area contributed by atoms with Crippen molar-refractivity contribution in [1.29, 1.82) is 0 Å². The normalized spacial score (nSPS) is 23.3. The Kier molecular flexibility index (Phi) is 11.9. The molecule has 12 heteroatoms. The van der Waals surface area contributed by atoms with Crippen LogP contribution in [0.4, 0.5) is 22.8 Å². The van der Waals surface area contributed by atoms with Gasteiger partial charge in [0.05, 0.1) is 24.2 Å². The number of hydrogen-bond acceptors (Lipinski definition) is 4. The van der Waals surface area contributed by atoms with E-state index in [4.69, 9.17) is 0 Å². The highest BCUT2D eigenvalue weighted by molar-refractivity contribution is 5.89. The van der Waals surface area contributed by atoms with Crippen LogP contribution in [0.1, 0.15) is 122 Å². The van der Waals surface area contributed by atoms with Gasteiger partial charge in [-0.3, -0.25) is 14.6 Å². The number of nitrogens with one attached hydrogen (secondary N) is 1. The van der Waals surface area contributed by atoms with E-state index in [0.717, 1.165) is 56.2 Å². The molecule has 0 aliphatic carbocycles. The number of nitrogens with zero attached hydrogens (tertiary/aromatic N) is 5. The molecule has 5 amide bonds. The van der Waals surface area contributed by atoms with Crippen LogP contribution in [0.25, 0.3) is 0 Å². The van der Waals surface area contributed by atoms with E-state index in [-0.39, 0.29) is 42.2 Å². The first kappa shape index (κ1) is 45.5. The summed E-state index contributed by atoms with van der Waals surface area (Å²) < 4.78 is 43.3. The third-order valence-electron chi connectivity index (χ3n) is 15.4. The van der Waals surface area contributed by atoms with Gasteiger partial charge in [0.25, 0.3) is 0 Å². The summed E-state index contributed by atoms with van der Waals surface area (Å²) in [6.45, 7) is 22.6. The molecule has 64 heavy (non-hydrogen) atoms. The summed E-state index contributed by atoms with van der Waals surface area (Å²) in [5.74, 6) is -0.526. The van der Waals surface area contributed by atoms with Gasteiger partial charge in [-0.1, -0.05) is 91.7 Å². The number of likely N-dealkylation sites (N-methyl/N-ethyl adjacent to an activating group) is 2. The van der Waals surface area contributed by atoms with Crippen LogP contribution in [0.2, 0.25) is 0 Å². The summed E-state index contributed by atoms with van der Waals surface area (Å²) in [6.07, 6.45) is 2.61. The lowest BCUT2D eigenvalue weighted by atomic mass is 9.77. The SMILES string of the molecule is CCN1C(=O)N2Cc3cc(C)cc(C)c3[C@H](C)C=C2C12CCN(C(=O)[C@@](C)(c1ccccc1)C(F)(F)F)CC2.CCN1C(=O)N2Cc3cc(C)cc(C)c3[C@H](C)C=C2C12CCNCC2. The molecule has 4 fully saturated rings. The van der Waals surface area contributed by atoms with Crippen molar-refractivity contribution in [3.63, 3.8) is 0 Å². The van der Waals surface area contributed by atoms with Crippen molar-refractivity contribution in [2.24, 2.45) is 0 Å². The van der Waals surface area contributed by atoms with Crippen LogP contribution in [-0.4, -0.2) is 99.0 Å². The predicted molar refractivity (Wildman–Crippen MR) is 245 cm³/mol. The third-order valence-corrected chi connectivity index (χ3v) is 15.4. The smallest absolute Gasteiger partial charge is 0.341 e. The molecule has 0 unspecified atom stereocenters. The maximum absolute atomic E-state index is 14.4. The Labute approximate surface area is 377 Å². The monoisotopic (exact) mass is 879 g/mol. The molecule has 3 atom stereocenters. The molecule has 6 heterocycles. The number of rotatable bonds is 4. The molecule has 0 saturated carbocycles. The summed E-state index contributed by atoms with van der Waals surface area (Å²) in [5, 5.41) is 3.47. The average molecular weight is 879 g/mol. The van der Waals surface area contributed by atoms with E-state index in [1.165, 1.54) is 68.2 Å². The van der Waals surface area contributed by atoms with Crippen molar-refractivity contribution in [3.05, 3.63) is 128 Å². The van der Waals surface area contributed by atoms with Gasteiger partial charge in [-0.2, -0.15) is 13.2 Å². The van der Waals surface area contributed by atoms with Gasteiger partial charge in [-0.05, 0) is 126 Å². The van der Waals surface area contributed by atoms with Gasteiger partial charge >= 0.3 is 18.2 Å². The number of allylic oxidation sites excluding steroid dienone is 2. The number of fused-ring (bicyclic) bond motifs is 6. The van der Waals surface area contributed by atoms with Crippen molar-refractivity contribution < 1.29 is 27.6 Å². The Morgan fingerprint density at radius 1 is 0.703 bits per heavy atom. The molecular weight excluding hydrogens is 814 g/mol.